The zero-order valence-corrected chi connectivity index (χ0v) is 27.3. The average molecular weight is 644 g/mol. The Morgan fingerprint density at radius 1 is 0.367 bits per heavy atom. The van der Waals surface area contributed by atoms with E-state index in [4.69, 9.17) is 4.42 Å². The molecule has 0 aliphatic rings. The van der Waals surface area contributed by atoms with Crippen LogP contribution in [-0.2, 0) is 0 Å². The molecule has 0 aliphatic heterocycles. The van der Waals surface area contributed by atoms with Gasteiger partial charge in [0.25, 0.3) is 0 Å². The summed E-state index contributed by atoms with van der Waals surface area (Å²) in [5, 5.41) is 7.33. The first kappa shape index (κ1) is 27.9. The zero-order chi connectivity index (χ0) is 32.3. The topological polar surface area (TPSA) is 16.4 Å². The van der Waals surface area contributed by atoms with Gasteiger partial charge in [0.2, 0.25) is 0 Å². The van der Waals surface area contributed by atoms with Gasteiger partial charge in [0.15, 0.2) is 0 Å². The Morgan fingerprint density at radius 3 is 1.76 bits per heavy atom. The molecule has 10 rings (SSSR count). The molecule has 10 aromatic rings. The van der Waals surface area contributed by atoms with E-state index in [9.17, 15) is 0 Å². The highest BCUT2D eigenvalue weighted by Gasteiger charge is 2.16. The fourth-order valence-corrected chi connectivity index (χ4v) is 8.35. The van der Waals surface area contributed by atoms with Crippen LogP contribution >= 0.6 is 11.3 Å². The van der Waals surface area contributed by atoms with Gasteiger partial charge in [-0.05, 0) is 99.8 Å². The van der Waals surface area contributed by atoms with Crippen LogP contribution in [0.15, 0.2) is 180 Å². The number of hydrogen-bond acceptors (Lipinski definition) is 3. The SMILES string of the molecule is c1ccc(-c2ccc(N(c3ccc(-c4ccc5ccc6oc7ccccc7c6c5c4)cc3)c3ccc4sc5ccccc5c4c3)cc2)cc1. The van der Waals surface area contributed by atoms with E-state index in [-0.39, 0.29) is 0 Å². The largest absolute Gasteiger partial charge is 0.456 e. The van der Waals surface area contributed by atoms with E-state index in [0.29, 0.717) is 0 Å². The van der Waals surface area contributed by atoms with Crippen molar-refractivity contribution in [2.24, 2.45) is 0 Å². The van der Waals surface area contributed by atoms with Crippen molar-refractivity contribution in [3.63, 3.8) is 0 Å². The molecule has 3 heteroatoms. The summed E-state index contributed by atoms with van der Waals surface area (Å²) in [7, 11) is 0. The molecule has 2 nitrogen and oxygen atoms in total. The first-order valence-electron chi connectivity index (χ1n) is 16.6. The van der Waals surface area contributed by atoms with Crippen LogP contribution < -0.4 is 4.90 Å². The fourth-order valence-electron chi connectivity index (χ4n) is 7.26. The van der Waals surface area contributed by atoms with Crippen molar-refractivity contribution in [3.05, 3.63) is 176 Å². The van der Waals surface area contributed by atoms with Gasteiger partial charge in [-0.2, -0.15) is 0 Å². The van der Waals surface area contributed by atoms with E-state index in [2.05, 4.69) is 169 Å². The maximum atomic E-state index is 6.21. The molecule has 230 valence electrons. The van der Waals surface area contributed by atoms with Crippen LogP contribution in [0.4, 0.5) is 17.1 Å². The number of benzene rings is 8. The predicted octanol–water partition coefficient (Wildman–Crippen LogP) is 13.9. The minimum Gasteiger partial charge on any atom is -0.456 e. The summed E-state index contributed by atoms with van der Waals surface area (Å²) in [5.41, 5.74) is 9.98. The summed E-state index contributed by atoms with van der Waals surface area (Å²) < 4.78 is 8.82. The second-order valence-corrected chi connectivity index (χ2v) is 13.6. The fraction of sp³-hybridized carbons (Fsp3) is 0. The monoisotopic (exact) mass is 643 g/mol. The Bertz CT molecular complexity index is 2810. The molecule has 0 fully saturated rings. The van der Waals surface area contributed by atoms with Gasteiger partial charge in [-0.15, -0.1) is 11.3 Å². The van der Waals surface area contributed by atoms with Crippen LogP contribution in [0.2, 0.25) is 0 Å². The van der Waals surface area contributed by atoms with Gasteiger partial charge < -0.3 is 9.32 Å². The van der Waals surface area contributed by atoms with Gasteiger partial charge >= 0.3 is 0 Å². The second kappa shape index (κ2) is 11.2. The van der Waals surface area contributed by atoms with E-state index in [1.165, 1.54) is 58.6 Å². The Hall–Kier alpha value is -6.16. The molecule has 0 spiro atoms. The van der Waals surface area contributed by atoms with Crippen LogP contribution in [0.1, 0.15) is 0 Å². The molecule has 0 amide bonds. The van der Waals surface area contributed by atoms with Crippen molar-refractivity contribution in [1.29, 1.82) is 0 Å². The predicted molar refractivity (Wildman–Crippen MR) is 210 cm³/mol. The Kier molecular flexibility index (Phi) is 6.39. The van der Waals surface area contributed by atoms with Gasteiger partial charge in [-0.25, -0.2) is 0 Å². The van der Waals surface area contributed by atoms with Crippen molar-refractivity contribution in [3.8, 4) is 22.3 Å². The Balaban J connectivity index is 1.09. The lowest BCUT2D eigenvalue weighted by Crippen LogP contribution is -2.09. The van der Waals surface area contributed by atoms with Crippen LogP contribution in [0.5, 0.6) is 0 Å². The summed E-state index contributed by atoms with van der Waals surface area (Å²) in [6, 6.07) is 63.3. The first-order chi connectivity index (χ1) is 24.3. The second-order valence-electron chi connectivity index (χ2n) is 12.5. The molecule has 0 saturated carbocycles. The van der Waals surface area contributed by atoms with Crippen LogP contribution in [0.25, 0.3) is 75.1 Å². The van der Waals surface area contributed by atoms with Crippen LogP contribution in [0, 0.1) is 0 Å². The summed E-state index contributed by atoms with van der Waals surface area (Å²) in [4.78, 5) is 2.37. The summed E-state index contributed by atoms with van der Waals surface area (Å²) >= 11 is 1.85. The molecule has 2 aromatic heterocycles. The standard InChI is InChI=1S/C46H29NOS/c1-2-8-30(9-3-1)31-16-21-35(22-17-31)47(37-25-27-45-41(29-37)38-10-5-7-13-44(38)49-45)36-23-18-32(19-24-36)34-15-14-33-20-26-43-46(40(33)28-34)39-11-4-6-12-42(39)48-43/h1-29H. The normalized spacial score (nSPS) is 11.7. The number of anilines is 3. The van der Waals surface area contributed by atoms with E-state index in [1.807, 2.05) is 23.5 Å². The maximum Gasteiger partial charge on any atom is 0.136 e. The number of fused-ring (bicyclic) bond motifs is 8. The van der Waals surface area contributed by atoms with E-state index >= 15 is 0 Å². The highest BCUT2D eigenvalue weighted by atomic mass is 32.1. The highest BCUT2D eigenvalue weighted by Crippen LogP contribution is 2.42. The highest BCUT2D eigenvalue weighted by molar-refractivity contribution is 7.25. The quantitative estimate of drug-likeness (QED) is 0.186. The number of rotatable bonds is 5. The summed E-state index contributed by atoms with van der Waals surface area (Å²) in [6.07, 6.45) is 0. The van der Waals surface area contributed by atoms with Crippen molar-refractivity contribution in [1.82, 2.24) is 0 Å². The molecular formula is C46H29NOS. The Labute approximate surface area is 287 Å². The van der Waals surface area contributed by atoms with Crippen molar-refractivity contribution >= 4 is 81.3 Å². The minimum atomic E-state index is 0.922. The number of para-hydroxylation sites is 1. The number of furan rings is 1. The molecule has 0 atom stereocenters. The van der Waals surface area contributed by atoms with Gasteiger partial charge in [0.05, 0.1) is 0 Å². The molecule has 0 N–H and O–H groups in total. The Morgan fingerprint density at radius 2 is 0.959 bits per heavy atom. The van der Waals surface area contributed by atoms with Crippen molar-refractivity contribution < 1.29 is 4.42 Å². The van der Waals surface area contributed by atoms with E-state index < -0.39 is 0 Å². The molecule has 0 unspecified atom stereocenters. The number of nitrogens with zero attached hydrogens (tertiary/aromatic N) is 1. The van der Waals surface area contributed by atoms with Gasteiger partial charge in [-0.3, -0.25) is 0 Å². The average Bonchev–Trinajstić information content (AvgIpc) is 3.74. The third-order valence-corrected chi connectivity index (χ3v) is 10.8. The van der Waals surface area contributed by atoms with E-state index in [1.54, 1.807) is 0 Å². The smallest absolute Gasteiger partial charge is 0.136 e. The molecule has 0 saturated heterocycles. The van der Waals surface area contributed by atoms with Gasteiger partial charge in [-0.1, -0.05) is 109 Å². The number of thiophene rings is 1. The van der Waals surface area contributed by atoms with Crippen molar-refractivity contribution in [2.45, 2.75) is 0 Å². The third-order valence-electron chi connectivity index (χ3n) is 9.67. The first-order valence-corrected chi connectivity index (χ1v) is 17.4. The van der Waals surface area contributed by atoms with Crippen LogP contribution in [0.3, 0.4) is 0 Å². The molecule has 0 bridgehead atoms. The summed E-state index contributed by atoms with van der Waals surface area (Å²) in [6.45, 7) is 0. The summed E-state index contributed by atoms with van der Waals surface area (Å²) in [5.74, 6) is 0. The zero-order valence-electron chi connectivity index (χ0n) is 26.5. The lowest BCUT2D eigenvalue weighted by atomic mass is 9.98. The number of hydrogen-bond donors (Lipinski definition) is 0. The lowest BCUT2D eigenvalue weighted by Gasteiger charge is -2.26. The minimum absolute atomic E-state index is 0.922. The van der Waals surface area contributed by atoms with E-state index in [0.717, 1.165) is 33.6 Å². The molecule has 0 aliphatic carbocycles. The van der Waals surface area contributed by atoms with Gasteiger partial charge in [0.1, 0.15) is 11.2 Å². The van der Waals surface area contributed by atoms with Crippen LogP contribution in [-0.4, -0.2) is 0 Å². The molecule has 8 aromatic carbocycles. The molecule has 2 heterocycles. The van der Waals surface area contributed by atoms with Gasteiger partial charge in [0, 0.05) is 48.0 Å². The molecular weight excluding hydrogens is 615 g/mol. The molecule has 0 radical (unpaired) electrons. The van der Waals surface area contributed by atoms with Crippen molar-refractivity contribution in [2.75, 3.05) is 4.90 Å². The maximum absolute atomic E-state index is 6.21. The lowest BCUT2D eigenvalue weighted by molar-refractivity contribution is 0.669. The molecule has 49 heavy (non-hydrogen) atoms. The third kappa shape index (κ3) is 4.70.